The van der Waals surface area contributed by atoms with Gasteiger partial charge in [-0.3, -0.25) is 9.59 Å². The van der Waals surface area contributed by atoms with E-state index in [2.05, 4.69) is 12.1 Å². The maximum Gasteiger partial charge on any atom is 0.242 e. The summed E-state index contributed by atoms with van der Waals surface area (Å²) in [7, 11) is 0. The number of hydrogen-bond acceptors (Lipinski definition) is 4. The second-order valence-electron chi connectivity index (χ2n) is 8.03. The second-order valence-corrected chi connectivity index (χ2v) is 8.03. The van der Waals surface area contributed by atoms with Gasteiger partial charge in [0.05, 0.1) is 13.1 Å². The van der Waals surface area contributed by atoms with E-state index in [0.717, 1.165) is 17.9 Å². The van der Waals surface area contributed by atoms with E-state index < -0.39 is 0 Å². The van der Waals surface area contributed by atoms with Crippen molar-refractivity contribution in [3.8, 4) is 0 Å². The Morgan fingerprint density at radius 3 is 2.39 bits per heavy atom. The van der Waals surface area contributed by atoms with E-state index in [1.54, 1.807) is 9.80 Å². The standard InChI is InChI=1S/C25H36N2O4/c1-5-30-17-9-15-27(25(29)20(2)3)19-24(28)26(18-23-13-12-21(4)31-23)16-14-22-10-7-6-8-11-22/h6-8,10-13,20H,5,9,14-19H2,1-4H3. The third kappa shape index (κ3) is 8.58. The lowest BCUT2D eigenvalue weighted by Crippen LogP contribution is -2.45. The van der Waals surface area contributed by atoms with Crippen LogP contribution in [0.15, 0.2) is 46.9 Å². The van der Waals surface area contributed by atoms with E-state index in [1.807, 2.05) is 58.0 Å². The first kappa shape index (κ1) is 24.7. The smallest absolute Gasteiger partial charge is 0.242 e. The summed E-state index contributed by atoms with van der Waals surface area (Å²) in [6.07, 6.45) is 1.45. The molecule has 0 saturated carbocycles. The third-order valence-corrected chi connectivity index (χ3v) is 5.06. The van der Waals surface area contributed by atoms with Crippen LogP contribution >= 0.6 is 0 Å². The molecule has 0 radical (unpaired) electrons. The molecule has 0 saturated heterocycles. The Hall–Kier alpha value is -2.60. The van der Waals surface area contributed by atoms with Crippen LogP contribution in [0.5, 0.6) is 0 Å². The van der Waals surface area contributed by atoms with E-state index in [4.69, 9.17) is 9.15 Å². The molecule has 0 aliphatic rings. The fourth-order valence-corrected chi connectivity index (χ4v) is 3.36. The number of benzene rings is 1. The molecule has 0 atom stereocenters. The first-order chi connectivity index (χ1) is 14.9. The van der Waals surface area contributed by atoms with Crippen molar-refractivity contribution in [1.29, 1.82) is 0 Å². The molecule has 2 rings (SSSR count). The van der Waals surface area contributed by atoms with Gasteiger partial charge in [-0.2, -0.15) is 0 Å². The predicted octanol–water partition coefficient (Wildman–Crippen LogP) is 4.07. The van der Waals surface area contributed by atoms with Crippen molar-refractivity contribution >= 4 is 11.8 Å². The topological polar surface area (TPSA) is 63.0 Å². The highest BCUT2D eigenvalue weighted by atomic mass is 16.5. The van der Waals surface area contributed by atoms with Gasteiger partial charge < -0.3 is 19.0 Å². The van der Waals surface area contributed by atoms with Gasteiger partial charge in [0.1, 0.15) is 11.5 Å². The molecule has 1 aromatic carbocycles. The zero-order valence-corrected chi connectivity index (χ0v) is 19.3. The van der Waals surface area contributed by atoms with Crippen molar-refractivity contribution in [3.63, 3.8) is 0 Å². The van der Waals surface area contributed by atoms with Crippen LogP contribution in [0.4, 0.5) is 0 Å². The monoisotopic (exact) mass is 428 g/mol. The van der Waals surface area contributed by atoms with E-state index in [0.29, 0.717) is 39.3 Å². The van der Waals surface area contributed by atoms with Crippen molar-refractivity contribution in [2.45, 2.75) is 47.1 Å². The Balaban J connectivity index is 2.08. The van der Waals surface area contributed by atoms with Crippen LogP contribution < -0.4 is 0 Å². The molecular weight excluding hydrogens is 392 g/mol. The molecule has 1 heterocycles. The minimum atomic E-state index is -0.162. The predicted molar refractivity (Wildman–Crippen MR) is 122 cm³/mol. The van der Waals surface area contributed by atoms with Crippen LogP contribution in [0.25, 0.3) is 0 Å². The Bertz CT molecular complexity index is 801. The number of ether oxygens (including phenoxy) is 1. The summed E-state index contributed by atoms with van der Waals surface area (Å²) in [5.74, 6) is 1.32. The van der Waals surface area contributed by atoms with E-state index >= 15 is 0 Å². The lowest BCUT2D eigenvalue weighted by atomic mass is 10.1. The summed E-state index contributed by atoms with van der Waals surface area (Å²) in [5, 5.41) is 0. The molecule has 31 heavy (non-hydrogen) atoms. The van der Waals surface area contributed by atoms with Gasteiger partial charge in [0.15, 0.2) is 0 Å². The average molecular weight is 429 g/mol. The van der Waals surface area contributed by atoms with Crippen LogP contribution in [-0.2, 0) is 27.3 Å². The largest absolute Gasteiger partial charge is 0.464 e. The number of furan rings is 1. The number of amides is 2. The molecule has 0 N–H and O–H groups in total. The molecule has 0 fully saturated rings. The quantitative estimate of drug-likeness (QED) is 0.451. The Morgan fingerprint density at radius 2 is 1.77 bits per heavy atom. The van der Waals surface area contributed by atoms with Crippen molar-refractivity contribution < 1.29 is 18.7 Å². The summed E-state index contributed by atoms with van der Waals surface area (Å²) in [5.41, 5.74) is 1.17. The van der Waals surface area contributed by atoms with Gasteiger partial charge in [-0.25, -0.2) is 0 Å². The van der Waals surface area contributed by atoms with Crippen LogP contribution in [-0.4, -0.2) is 54.5 Å². The lowest BCUT2D eigenvalue weighted by Gasteiger charge is -2.28. The molecule has 2 aromatic rings. The molecular formula is C25H36N2O4. The van der Waals surface area contributed by atoms with E-state index in [-0.39, 0.29) is 24.3 Å². The minimum Gasteiger partial charge on any atom is -0.464 e. The third-order valence-electron chi connectivity index (χ3n) is 5.06. The van der Waals surface area contributed by atoms with Crippen LogP contribution in [0.3, 0.4) is 0 Å². The highest BCUT2D eigenvalue weighted by Gasteiger charge is 2.23. The highest BCUT2D eigenvalue weighted by Crippen LogP contribution is 2.13. The normalized spacial score (nSPS) is 11.0. The number of hydrogen-bond donors (Lipinski definition) is 0. The van der Waals surface area contributed by atoms with Gasteiger partial charge in [0.25, 0.3) is 0 Å². The first-order valence-corrected chi connectivity index (χ1v) is 11.1. The van der Waals surface area contributed by atoms with Crippen LogP contribution in [0, 0.1) is 12.8 Å². The maximum atomic E-state index is 13.3. The molecule has 0 unspecified atom stereocenters. The molecule has 0 bridgehead atoms. The summed E-state index contributed by atoms with van der Waals surface area (Å²) in [4.78, 5) is 29.4. The number of carbonyl (C=O) groups is 2. The number of carbonyl (C=O) groups excluding carboxylic acids is 2. The van der Waals surface area contributed by atoms with Crippen molar-refractivity contribution in [3.05, 3.63) is 59.5 Å². The first-order valence-electron chi connectivity index (χ1n) is 11.1. The average Bonchev–Trinajstić information content (AvgIpc) is 3.17. The molecule has 0 aliphatic carbocycles. The Kier molecular flexibility index (Phi) is 10.3. The molecule has 2 amide bonds. The fraction of sp³-hybridized carbons (Fsp3) is 0.520. The Morgan fingerprint density at radius 1 is 1.03 bits per heavy atom. The lowest BCUT2D eigenvalue weighted by molar-refractivity contribution is -0.143. The Labute approximate surface area is 186 Å². The SMILES string of the molecule is CCOCCCN(CC(=O)N(CCc1ccccc1)Cc1ccc(C)o1)C(=O)C(C)C. The van der Waals surface area contributed by atoms with Crippen molar-refractivity contribution in [2.24, 2.45) is 5.92 Å². The number of aryl methyl sites for hydroxylation is 1. The number of nitrogens with zero attached hydrogens (tertiary/aromatic N) is 2. The van der Waals surface area contributed by atoms with Crippen molar-refractivity contribution in [1.82, 2.24) is 9.80 Å². The fourth-order valence-electron chi connectivity index (χ4n) is 3.36. The van der Waals surface area contributed by atoms with Gasteiger partial charge in [-0.1, -0.05) is 44.2 Å². The molecule has 170 valence electrons. The van der Waals surface area contributed by atoms with Gasteiger partial charge in [0.2, 0.25) is 11.8 Å². The summed E-state index contributed by atoms with van der Waals surface area (Å²) < 4.78 is 11.1. The van der Waals surface area contributed by atoms with E-state index in [1.165, 1.54) is 5.56 Å². The van der Waals surface area contributed by atoms with Gasteiger partial charge >= 0.3 is 0 Å². The zero-order chi connectivity index (χ0) is 22.6. The highest BCUT2D eigenvalue weighted by molar-refractivity contribution is 5.85. The van der Waals surface area contributed by atoms with Crippen LogP contribution in [0.2, 0.25) is 0 Å². The summed E-state index contributed by atoms with van der Waals surface area (Å²) in [6, 6.07) is 13.9. The number of rotatable bonds is 13. The molecule has 1 aromatic heterocycles. The molecule has 0 aliphatic heterocycles. The maximum absolute atomic E-state index is 13.3. The molecule has 6 nitrogen and oxygen atoms in total. The van der Waals surface area contributed by atoms with Crippen molar-refractivity contribution in [2.75, 3.05) is 32.8 Å². The van der Waals surface area contributed by atoms with Gasteiger partial charge in [0, 0.05) is 32.2 Å². The second kappa shape index (κ2) is 13.0. The van der Waals surface area contributed by atoms with Gasteiger partial charge in [-0.15, -0.1) is 0 Å². The molecule has 0 spiro atoms. The zero-order valence-electron chi connectivity index (χ0n) is 19.3. The minimum absolute atomic E-state index is 0.0123. The molecule has 6 heteroatoms. The summed E-state index contributed by atoms with van der Waals surface area (Å²) in [6.45, 7) is 10.3. The van der Waals surface area contributed by atoms with Gasteiger partial charge in [-0.05, 0) is 44.4 Å². The van der Waals surface area contributed by atoms with Crippen LogP contribution in [0.1, 0.15) is 44.3 Å². The van der Waals surface area contributed by atoms with E-state index in [9.17, 15) is 9.59 Å². The summed E-state index contributed by atoms with van der Waals surface area (Å²) >= 11 is 0.